The van der Waals surface area contributed by atoms with Crippen molar-refractivity contribution in [2.24, 2.45) is 0 Å². The third kappa shape index (κ3) is 5.10. The maximum atomic E-state index is 11.9. The molecule has 31 heavy (non-hydrogen) atoms. The number of hydrogen-bond acceptors (Lipinski definition) is 11. The number of ether oxygens (including phenoxy) is 4. The van der Waals surface area contributed by atoms with E-state index in [4.69, 9.17) is 14.3 Å². The Hall–Kier alpha value is -4.09. The molecule has 0 atom stereocenters. The van der Waals surface area contributed by atoms with Crippen LogP contribution in [0.4, 0.5) is 15.3 Å². The molecule has 0 unspecified atom stereocenters. The number of hydroxylamine groups is 2. The number of nitro groups is 1. The first-order valence-corrected chi connectivity index (χ1v) is 8.76. The highest BCUT2D eigenvalue weighted by Gasteiger charge is 2.40. The Morgan fingerprint density at radius 1 is 1.00 bits per heavy atom. The largest absolute Gasteiger partial charge is 0.513 e. The fraction of sp³-hybridized carbons (Fsp3) is 0.316. The summed E-state index contributed by atoms with van der Waals surface area (Å²) in [6.45, 7) is 4.10. The first-order chi connectivity index (χ1) is 14.6. The second kappa shape index (κ2) is 9.61. The third-order valence-corrected chi connectivity index (χ3v) is 4.20. The Morgan fingerprint density at radius 3 is 1.94 bits per heavy atom. The topological polar surface area (TPSA) is 144 Å². The van der Waals surface area contributed by atoms with Crippen molar-refractivity contribution >= 4 is 24.0 Å². The van der Waals surface area contributed by atoms with Crippen molar-refractivity contribution in [1.82, 2.24) is 5.06 Å². The first-order valence-electron chi connectivity index (χ1n) is 8.76. The van der Waals surface area contributed by atoms with E-state index in [0.29, 0.717) is 0 Å². The van der Waals surface area contributed by atoms with Gasteiger partial charge in [-0.15, -0.1) is 0 Å². The molecular formula is C19H20N2O10. The predicted octanol–water partition coefficient (Wildman–Crippen LogP) is 3.50. The van der Waals surface area contributed by atoms with Gasteiger partial charge in [-0.1, -0.05) is 12.1 Å². The van der Waals surface area contributed by atoms with Crippen LogP contribution in [0.3, 0.4) is 0 Å². The predicted molar refractivity (Wildman–Crippen MR) is 102 cm³/mol. The fourth-order valence-corrected chi connectivity index (χ4v) is 2.90. The number of methoxy groups -OCH3 is 2. The van der Waals surface area contributed by atoms with Crippen molar-refractivity contribution in [2.75, 3.05) is 14.2 Å². The number of carbonyl (C=O) groups excluding carboxylic acids is 3. The van der Waals surface area contributed by atoms with Crippen LogP contribution >= 0.6 is 0 Å². The summed E-state index contributed by atoms with van der Waals surface area (Å²) in [4.78, 5) is 51.2. The quantitative estimate of drug-likeness (QED) is 0.380. The summed E-state index contributed by atoms with van der Waals surface area (Å²) in [5.41, 5.74) is 0.303. The van der Waals surface area contributed by atoms with Crippen molar-refractivity contribution in [2.45, 2.75) is 26.7 Å². The zero-order valence-corrected chi connectivity index (χ0v) is 17.4. The molecule has 0 bridgehead atoms. The van der Waals surface area contributed by atoms with Gasteiger partial charge in [0.25, 0.3) is 5.69 Å². The Morgan fingerprint density at radius 2 is 1.52 bits per heavy atom. The molecule has 0 saturated heterocycles. The van der Waals surface area contributed by atoms with Gasteiger partial charge in [0.1, 0.15) is 17.4 Å². The summed E-state index contributed by atoms with van der Waals surface area (Å²) in [5.74, 6) is -2.09. The molecule has 1 aliphatic rings. The number of rotatable bonds is 5. The number of nitro benzene ring substituents is 1. The number of carbonyl (C=O) groups is 3. The van der Waals surface area contributed by atoms with E-state index in [1.165, 1.54) is 38.1 Å². The van der Waals surface area contributed by atoms with Gasteiger partial charge in [-0.3, -0.25) is 10.1 Å². The van der Waals surface area contributed by atoms with E-state index in [1.54, 1.807) is 0 Å². The zero-order chi connectivity index (χ0) is 23.3. The van der Waals surface area contributed by atoms with E-state index < -0.39 is 29.1 Å². The summed E-state index contributed by atoms with van der Waals surface area (Å²) in [6.07, 6.45) is -2.21. The van der Waals surface area contributed by atoms with Crippen LogP contribution in [0.15, 0.2) is 47.2 Å². The molecule has 0 aromatic heterocycles. The molecule has 0 amide bonds. The smallest absolute Gasteiger partial charge is 0.437 e. The average molecular weight is 436 g/mol. The first kappa shape index (κ1) is 23.2. The number of hydrogen-bond donors (Lipinski definition) is 0. The molecule has 0 spiro atoms. The van der Waals surface area contributed by atoms with Crippen molar-refractivity contribution in [3.05, 3.63) is 62.9 Å². The molecule has 2 rings (SSSR count). The Kier molecular flexibility index (Phi) is 7.19. The monoisotopic (exact) mass is 436 g/mol. The van der Waals surface area contributed by atoms with Gasteiger partial charge in [0, 0.05) is 19.1 Å². The maximum Gasteiger partial charge on any atom is 0.513 e. The van der Waals surface area contributed by atoms with Crippen molar-refractivity contribution in [3.8, 4) is 0 Å². The highest BCUT2D eigenvalue weighted by atomic mass is 16.7. The standard InChI is InChI=1S/C19H20N2O10/c1-10-16(29-18(23)27-4)15(13-7-6-8-14(9-13)21(25)26)17(30-19(24)28-5)11(2)20(10)31-12(3)22/h6-9,15H,1-5H3. The summed E-state index contributed by atoms with van der Waals surface area (Å²) in [5, 5.41) is 12.3. The Balaban J connectivity index is 2.76. The highest BCUT2D eigenvalue weighted by Crippen LogP contribution is 2.43. The lowest BCUT2D eigenvalue weighted by atomic mass is 9.90. The second-order valence-electron chi connectivity index (χ2n) is 6.17. The molecule has 0 radical (unpaired) electrons. The maximum absolute atomic E-state index is 11.9. The van der Waals surface area contributed by atoms with Gasteiger partial charge in [-0.25, -0.2) is 14.4 Å². The third-order valence-electron chi connectivity index (χ3n) is 4.20. The highest BCUT2D eigenvalue weighted by molar-refractivity contribution is 5.67. The number of nitrogens with zero attached hydrogens (tertiary/aromatic N) is 2. The lowest BCUT2D eigenvalue weighted by Gasteiger charge is -2.35. The van der Waals surface area contributed by atoms with Crippen molar-refractivity contribution in [3.63, 3.8) is 0 Å². The van der Waals surface area contributed by atoms with Gasteiger partial charge in [0.15, 0.2) is 0 Å². The van der Waals surface area contributed by atoms with Crippen molar-refractivity contribution < 1.29 is 43.1 Å². The van der Waals surface area contributed by atoms with Gasteiger partial charge >= 0.3 is 18.3 Å². The number of benzene rings is 1. The molecule has 1 aliphatic heterocycles. The minimum absolute atomic E-state index is 0.141. The Labute approximate surface area is 176 Å². The van der Waals surface area contributed by atoms with Crippen LogP contribution in [0.2, 0.25) is 0 Å². The lowest BCUT2D eigenvalue weighted by Crippen LogP contribution is -2.33. The molecule has 0 fully saturated rings. The van der Waals surface area contributed by atoms with Crippen LogP contribution in [0.1, 0.15) is 32.3 Å². The summed E-state index contributed by atoms with van der Waals surface area (Å²) in [6, 6.07) is 5.43. The van der Waals surface area contributed by atoms with E-state index in [0.717, 1.165) is 26.2 Å². The van der Waals surface area contributed by atoms with Gasteiger partial charge in [-0.2, -0.15) is 5.06 Å². The lowest BCUT2D eigenvalue weighted by molar-refractivity contribution is -0.384. The average Bonchev–Trinajstić information content (AvgIpc) is 2.74. The fourth-order valence-electron chi connectivity index (χ4n) is 2.90. The van der Waals surface area contributed by atoms with Crippen molar-refractivity contribution in [1.29, 1.82) is 0 Å². The SMILES string of the molecule is COC(=O)OC1=C(C)N(OC(C)=O)C(C)=C(OC(=O)OC)C1c1cccc([N+](=O)[O-])c1. The Bertz CT molecular complexity index is 940. The molecule has 1 aromatic rings. The molecule has 0 aliphatic carbocycles. The van der Waals surface area contributed by atoms with Gasteiger partial charge < -0.3 is 23.8 Å². The van der Waals surface area contributed by atoms with E-state index in [1.807, 2.05) is 0 Å². The molecule has 1 heterocycles. The molecule has 1 aromatic carbocycles. The molecule has 12 nitrogen and oxygen atoms in total. The minimum Gasteiger partial charge on any atom is -0.437 e. The summed E-state index contributed by atoms with van der Waals surface area (Å²) in [7, 11) is 2.17. The molecular weight excluding hydrogens is 416 g/mol. The number of allylic oxidation sites excluding steroid dienone is 2. The van der Waals surface area contributed by atoms with Crippen LogP contribution in [0.5, 0.6) is 0 Å². The molecule has 0 N–H and O–H groups in total. The van der Waals surface area contributed by atoms with Gasteiger partial charge in [-0.05, 0) is 19.4 Å². The molecule has 166 valence electrons. The van der Waals surface area contributed by atoms with Crippen LogP contribution in [0.25, 0.3) is 0 Å². The van der Waals surface area contributed by atoms with Crippen LogP contribution in [-0.2, 0) is 28.6 Å². The van der Waals surface area contributed by atoms with E-state index in [2.05, 4.69) is 9.47 Å². The minimum atomic E-state index is -1.11. The van der Waals surface area contributed by atoms with Crippen LogP contribution in [-0.4, -0.2) is 42.5 Å². The van der Waals surface area contributed by atoms with Crippen LogP contribution in [0, 0.1) is 10.1 Å². The zero-order valence-electron chi connectivity index (χ0n) is 17.4. The second-order valence-corrected chi connectivity index (χ2v) is 6.17. The molecule has 12 heteroatoms. The van der Waals surface area contributed by atoms with E-state index in [9.17, 15) is 24.5 Å². The van der Waals surface area contributed by atoms with E-state index in [-0.39, 0.29) is 34.2 Å². The summed E-state index contributed by atoms with van der Waals surface area (Å²) < 4.78 is 19.6. The number of non-ortho nitro benzene ring substituents is 1. The van der Waals surface area contributed by atoms with Gasteiger partial charge in [0.2, 0.25) is 0 Å². The van der Waals surface area contributed by atoms with Gasteiger partial charge in [0.05, 0.1) is 30.5 Å². The molecule has 0 saturated carbocycles. The summed E-state index contributed by atoms with van der Waals surface area (Å²) >= 11 is 0. The van der Waals surface area contributed by atoms with E-state index >= 15 is 0 Å². The van der Waals surface area contributed by atoms with Crippen LogP contribution < -0.4 is 0 Å². The normalized spacial score (nSPS) is 14.2.